The number of thiol groups is 1. The summed E-state index contributed by atoms with van der Waals surface area (Å²) < 4.78 is 0. The first kappa shape index (κ1) is 13.5. The van der Waals surface area contributed by atoms with Crippen molar-refractivity contribution in [2.24, 2.45) is 0 Å². The summed E-state index contributed by atoms with van der Waals surface area (Å²) in [6, 6.07) is 2.32. The zero-order chi connectivity index (χ0) is 13.0. The fourth-order valence-electron chi connectivity index (χ4n) is 2.45. The molecule has 98 valence electrons. The summed E-state index contributed by atoms with van der Waals surface area (Å²) >= 11 is 4.26. The number of rotatable bonds is 5. The highest BCUT2D eigenvalue weighted by molar-refractivity contribution is 7.80. The third kappa shape index (κ3) is 2.89. The van der Waals surface area contributed by atoms with E-state index in [1.54, 1.807) is 0 Å². The molecule has 1 aromatic heterocycles. The zero-order valence-corrected chi connectivity index (χ0v) is 12.0. The molecule has 0 aliphatic carbocycles. The second-order valence-electron chi connectivity index (χ2n) is 4.87. The van der Waals surface area contributed by atoms with Crippen molar-refractivity contribution in [2.75, 3.05) is 17.2 Å². The number of anilines is 1. The molecule has 18 heavy (non-hydrogen) atoms. The highest BCUT2D eigenvalue weighted by Crippen LogP contribution is 2.30. The molecule has 0 saturated heterocycles. The lowest BCUT2D eigenvalue weighted by atomic mass is 10.0. The number of hydrogen-bond acceptors (Lipinski definition) is 3. The normalized spacial score (nSPS) is 14.8. The van der Waals surface area contributed by atoms with Crippen LogP contribution < -0.4 is 4.90 Å². The van der Waals surface area contributed by atoms with E-state index in [-0.39, 0.29) is 0 Å². The van der Waals surface area contributed by atoms with Gasteiger partial charge in [-0.2, -0.15) is 12.6 Å². The quantitative estimate of drug-likeness (QED) is 0.816. The van der Waals surface area contributed by atoms with E-state index in [1.807, 2.05) is 6.20 Å². The minimum atomic E-state index is 0.940. The zero-order valence-electron chi connectivity index (χ0n) is 11.2. The van der Waals surface area contributed by atoms with E-state index >= 15 is 0 Å². The van der Waals surface area contributed by atoms with Gasteiger partial charge in [0.05, 0.1) is 0 Å². The van der Waals surface area contributed by atoms with Gasteiger partial charge in [0.25, 0.3) is 0 Å². The Morgan fingerprint density at radius 2 is 2.28 bits per heavy atom. The monoisotopic (exact) mass is 262 g/mol. The lowest BCUT2D eigenvalue weighted by Gasteiger charge is -2.32. The SMILES string of the molecule is C=C1CCc2cc(CCCS)cnc2N1CCC. The summed E-state index contributed by atoms with van der Waals surface area (Å²) in [4.78, 5) is 6.94. The topological polar surface area (TPSA) is 16.1 Å². The molecule has 1 aromatic rings. The summed E-state index contributed by atoms with van der Waals surface area (Å²) in [6.07, 6.45) is 7.49. The van der Waals surface area contributed by atoms with Crippen LogP contribution in [-0.2, 0) is 12.8 Å². The van der Waals surface area contributed by atoms with E-state index in [2.05, 4.69) is 42.1 Å². The average Bonchev–Trinajstić information content (AvgIpc) is 2.39. The molecule has 0 spiro atoms. The standard InChI is InChI=1S/C15H22N2S/c1-3-8-17-12(2)6-7-14-10-13(5-4-9-18)11-16-15(14)17/h10-11,18H,2-9H2,1H3. The predicted molar refractivity (Wildman–Crippen MR) is 81.5 cm³/mol. The molecule has 0 amide bonds. The fraction of sp³-hybridized carbons (Fsp3) is 0.533. The van der Waals surface area contributed by atoms with Gasteiger partial charge in [-0.3, -0.25) is 0 Å². The summed E-state index contributed by atoms with van der Waals surface area (Å²) in [6.45, 7) is 7.38. The largest absolute Gasteiger partial charge is 0.331 e. The van der Waals surface area contributed by atoms with Crippen molar-refractivity contribution >= 4 is 18.4 Å². The molecule has 0 unspecified atom stereocenters. The Hall–Kier alpha value is -0.960. The molecular formula is C15H22N2S. The number of hydrogen-bond donors (Lipinski definition) is 1. The molecule has 2 nitrogen and oxygen atoms in total. The second-order valence-corrected chi connectivity index (χ2v) is 5.32. The van der Waals surface area contributed by atoms with Crippen LogP contribution in [0.3, 0.4) is 0 Å². The lowest BCUT2D eigenvalue weighted by Crippen LogP contribution is -2.28. The summed E-state index contributed by atoms with van der Waals surface area (Å²) in [7, 11) is 0. The maximum atomic E-state index is 4.66. The Bertz CT molecular complexity index is 429. The minimum Gasteiger partial charge on any atom is -0.331 e. The highest BCUT2D eigenvalue weighted by atomic mass is 32.1. The van der Waals surface area contributed by atoms with Crippen LogP contribution in [0.4, 0.5) is 5.82 Å². The van der Waals surface area contributed by atoms with Gasteiger partial charge in [0.1, 0.15) is 5.82 Å². The Kier molecular flexibility index (Phi) is 4.70. The van der Waals surface area contributed by atoms with E-state index < -0.39 is 0 Å². The molecule has 0 fully saturated rings. The molecule has 0 bridgehead atoms. The van der Waals surface area contributed by atoms with E-state index in [4.69, 9.17) is 0 Å². The van der Waals surface area contributed by atoms with Crippen molar-refractivity contribution in [3.8, 4) is 0 Å². The molecule has 1 aliphatic heterocycles. The Balaban J connectivity index is 2.22. The number of fused-ring (bicyclic) bond motifs is 1. The van der Waals surface area contributed by atoms with Gasteiger partial charge in [0.2, 0.25) is 0 Å². The number of pyridine rings is 1. The smallest absolute Gasteiger partial charge is 0.135 e. The van der Waals surface area contributed by atoms with Gasteiger partial charge in [-0.05, 0) is 49.0 Å². The van der Waals surface area contributed by atoms with Crippen LogP contribution >= 0.6 is 12.6 Å². The summed E-state index contributed by atoms with van der Waals surface area (Å²) in [5, 5.41) is 0. The third-order valence-corrected chi connectivity index (χ3v) is 3.71. The van der Waals surface area contributed by atoms with Crippen LogP contribution in [-0.4, -0.2) is 17.3 Å². The van der Waals surface area contributed by atoms with Crippen LogP contribution in [0.15, 0.2) is 24.5 Å². The summed E-state index contributed by atoms with van der Waals surface area (Å²) in [5.74, 6) is 2.07. The second kappa shape index (κ2) is 6.28. The van der Waals surface area contributed by atoms with Gasteiger partial charge < -0.3 is 4.90 Å². The molecule has 2 rings (SSSR count). The molecule has 0 aromatic carbocycles. The first-order chi connectivity index (χ1) is 8.76. The van der Waals surface area contributed by atoms with Crippen LogP contribution in [0.2, 0.25) is 0 Å². The average molecular weight is 262 g/mol. The first-order valence-electron chi connectivity index (χ1n) is 6.80. The van der Waals surface area contributed by atoms with Crippen molar-refractivity contribution in [3.05, 3.63) is 35.7 Å². The fourth-order valence-corrected chi connectivity index (χ4v) is 2.61. The Morgan fingerprint density at radius 1 is 1.44 bits per heavy atom. The van der Waals surface area contributed by atoms with Crippen molar-refractivity contribution < 1.29 is 0 Å². The number of aromatic nitrogens is 1. The van der Waals surface area contributed by atoms with E-state index in [0.717, 1.165) is 50.2 Å². The van der Waals surface area contributed by atoms with Gasteiger partial charge in [-0.15, -0.1) is 0 Å². The maximum Gasteiger partial charge on any atom is 0.135 e. The number of aryl methyl sites for hydroxylation is 2. The van der Waals surface area contributed by atoms with E-state index in [1.165, 1.54) is 16.8 Å². The van der Waals surface area contributed by atoms with Gasteiger partial charge in [-0.1, -0.05) is 19.6 Å². The molecule has 0 saturated carbocycles. The lowest BCUT2D eigenvalue weighted by molar-refractivity contribution is 0.744. The molecule has 3 heteroatoms. The molecular weight excluding hydrogens is 240 g/mol. The predicted octanol–water partition coefficient (Wildman–Crippen LogP) is 3.62. The van der Waals surface area contributed by atoms with Crippen molar-refractivity contribution in [1.82, 2.24) is 4.98 Å². The van der Waals surface area contributed by atoms with Gasteiger partial charge in [0.15, 0.2) is 0 Å². The van der Waals surface area contributed by atoms with Gasteiger partial charge in [-0.25, -0.2) is 4.98 Å². The first-order valence-corrected chi connectivity index (χ1v) is 7.43. The molecule has 2 heterocycles. The van der Waals surface area contributed by atoms with E-state index in [9.17, 15) is 0 Å². The number of allylic oxidation sites excluding steroid dienone is 1. The van der Waals surface area contributed by atoms with Gasteiger partial charge >= 0.3 is 0 Å². The Morgan fingerprint density at radius 3 is 3.00 bits per heavy atom. The van der Waals surface area contributed by atoms with Gasteiger partial charge in [0, 0.05) is 18.4 Å². The summed E-state index contributed by atoms with van der Waals surface area (Å²) in [5.41, 5.74) is 3.93. The van der Waals surface area contributed by atoms with Crippen molar-refractivity contribution in [3.63, 3.8) is 0 Å². The maximum absolute atomic E-state index is 4.66. The van der Waals surface area contributed by atoms with Crippen LogP contribution in [0.25, 0.3) is 0 Å². The van der Waals surface area contributed by atoms with Crippen LogP contribution in [0.1, 0.15) is 37.3 Å². The third-order valence-electron chi connectivity index (χ3n) is 3.39. The van der Waals surface area contributed by atoms with Crippen molar-refractivity contribution in [1.29, 1.82) is 0 Å². The van der Waals surface area contributed by atoms with Crippen LogP contribution in [0, 0.1) is 0 Å². The van der Waals surface area contributed by atoms with Crippen molar-refractivity contribution in [2.45, 2.75) is 39.0 Å². The van der Waals surface area contributed by atoms with E-state index in [0.29, 0.717) is 0 Å². The molecule has 1 aliphatic rings. The molecule has 0 N–H and O–H groups in total. The van der Waals surface area contributed by atoms with Crippen LogP contribution in [0.5, 0.6) is 0 Å². The Labute approximate surface area is 116 Å². The molecule has 0 radical (unpaired) electrons. The number of nitrogens with zero attached hydrogens (tertiary/aromatic N) is 2. The highest BCUT2D eigenvalue weighted by Gasteiger charge is 2.20. The minimum absolute atomic E-state index is 0.940. The molecule has 0 atom stereocenters.